The Kier molecular flexibility index (Phi) is 3.88. The number of carbonyl (C=O) groups is 1. The fourth-order valence-electron chi connectivity index (χ4n) is 2.27. The molecule has 1 heterocycles. The average molecular weight is 260 g/mol. The number of fused-ring (bicyclic) bond motifs is 1. The van der Waals surface area contributed by atoms with Gasteiger partial charge in [-0.05, 0) is 25.5 Å². The second kappa shape index (κ2) is 5.43. The maximum Gasteiger partial charge on any atom is 0.329 e. The minimum absolute atomic E-state index is 0.00404. The highest BCUT2D eigenvalue weighted by Gasteiger charge is 2.17. The maximum absolute atomic E-state index is 12.3. The largest absolute Gasteiger partial charge is 0.329 e. The van der Waals surface area contributed by atoms with Crippen LogP contribution in [0.5, 0.6) is 0 Å². The SMILES string of the molecule is CCC(C)C(=O)Cn1c(=O)n(CC)c2ccccc21. The molecule has 102 valence electrons. The smallest absolute Gasteiger partial charge is 0.297 e. The number of para-hydroxylation sites is 2. The van der Waals surface area contributed by atoms with E-state index in [2.05, 4.69) is 0 Å². The molecule has 0 aliphatic carbocycles. The monoisotopic (exact) mass is 260 g/mol. The lowest BCUT2D eigenvalue weighted by Crippen LogP contribution is -2.28. The van der Waals surface area contributed by atoms with Gasteiger partial charge in [-0.15, -0.1) is 0 Å². The molecule has 0 radical (unpaired) electrons. The van der Waals surface area contributed by atoms with Gasteiger partial charge in [-0.1, -0.05) is 26.0 Å². The van der Waals surface area contributed by atoms with Gasteiger partial charge in [0.15, 0.2) is 5.78 Å². The van der Waals surface area contributed by atoms with E-state index >= 15 is 0 Å². The van der Waals surface area contributed by atoms with Crippen molar-refractivity contribution in [2.75, 3.05) is 0 Å². The van der Waals surface area contributed by atoms with Crippen LogP contribution in [0.4, 0.5) is 0 Å². The number of nitrogens with zero attached hydrogens (tertiary/aromatic N) is 2. The van der Waals surface area contributed by atoms with Gasteiger partial charge in [0.05, 0.1) is 17.6 Å². The molecule has 0 aliphatic heterocycles. The van der Waals surface area contributed by atoms with E-state index in [1.807, 2.05) is 45.0 Å². The topological polar surface area (TPSA) is 44.0 Å². The summed E-state index contributed by atoms with van der Waals surface area (Å²) in [6, 6.07) is 7.62. The van der Waals surface area contributed by atoms with Crippen molar-refractivity contribution < 1.29 is 4.79 Å². The summed E-state index contributed by atoms with van der Waals surface area (Å²) in [7, 11) is 0. The number of aryl methyl sites for hydroxylation is 1. The van der Waals surface area contributed by atoms with Gasteiger partial charge >= 0.3 is 5.69 Å². The lowest BCUT2D eigenvalue weighted by molar-refractivity contribution is -0.123. The van der Waals surface area contributed by atoms with E-state index in [0.717, 1.165) is 17.5 Å². The summed E-state index contributed by atoms with van der Waals surface area (Å²) < 4.78 is 3.30. The van der Waals surface area contributed by atoms with Crippen LogP contribution in [0, 0.1) is 5.92 Å². The summed E-state index contributed by atoms with van der Waals surface area (Å²) in [5, 5.41) is 0. The summed E-state index contributed by atoms with van der Waals surface area (Å²) in [5.74, 6) is 0.110. The average Bonchev–Trinajstić information content (AvgIpc) is 2.70. The second-order valence-corrected chi connectivity index (χ2v) is 4.88. The van der Waals surface area contributed by atoms with Gasteiger partial charge in [0.2, 0.25) is 0 Å². The minimum Gasteiger partial charge on any atom is -0.297 e. The van der Waals surface area contributed by atoms with E-state index in [1.165, 1.54) is 0 Å². The predicted molar refractivity (Wildman–Crippen MR) is 76.3 cm³/mol. The van der Waals surface area contributed by atoms with Gasteiger partial charge in [-0.25, -0.2) is 4.79 Å². The number of Topliss-reactive ketones (excluding diaryl/α,β-unsaturated/α-hetero) is 1. The summed E-state index contributed by atoms with van der Waals surface area (Å²) in [5.41, 5.74) is 1.64. The molecule has 0 N–H and O–H groups in total. The number of benzene rings is 1. The lowest BCUT2D eigenvalue weighted by Gasteiger charge is -2.07. The highest BCUT2D eigenvalue weighted by atomic mass is 16.2. The number of rotatable bonds is 5. The normalized spacial score (nSPS) is 12.8. The number of ketones is 1. The van der Waals surface area contributed by atoms with Gasteiger partial charge in [0.1, 0.15) is 0 Å². The zero-order chi connectivity index (χ0) is 14.0. The van der Waals surface area contributed by atoms with Crippen molar-refractivity contribution in [2.24, 2.45) is 5.92 Å². The Morgan fingerprint density at radius 2 is 1.74 bits per heavy atom. The Bertz CT molecular complexity index is 652. The van der Waals surface area contributed by atoms with Crippen molar-refractivity contribution in [3.63, 3.8) is 0 Å². The summed E-state index contributed by atoms with van der Waals surface area (Å²) >= 11 is 0. The zero-order valence-electron chi connectivity index (χ0n) is 11.7. The quantitative estimate of drug-likeness (QED) is 0.828. The van der Waals surface area contributed by atoms with E-state index in [4.69, 9.17) is 0 Å². The van der Waals surface area contributed by atoms with Gasteiger partial charge in [-0.3, -0.25) is 13.9 Å². The first-order valence-corrected chi connectivity index (χ1v) is 6.80. The Labute approximate surface area is 112 Å². The van der Waals surface area contributed by atoms with Gasteiger partial charge < -0.3 is 0 Å². The van der Waals surface area contributed by atoms with Gasteiger partial charge in [0.25, 0.3) is 0 Å². The van der Waals surface area contributed by atoms with Crippen LogP contribution < -0.4 is 5.69 Å². The van der Waals surface area contributed by atoms with Crippen molar-refractivity contribution in [3.05, 3.63) is 34.7 Å². The first-order chi connectivity index (χ1) is 9.10. The van der Waals surface area contributed by atoms with Crippen LogP contribution in [-0.2, 0) is 17.9 Å². The molecule has 0 aliphatic rings. The molecule has 0 spiro atoms. The number of carbonyl (C=O) groups excluding carboxylic acids is 1. The second-order valence-electron chi connectivity index (χ2n) is 4.88. The van der Waals surface area contributed by atoms with Crippen molar-refractivity contribution in [3.8, 4) is 0 Å². The molecule has 0 fully saturated rings. The molecule has 0 saturated heterocycles. The fraction of sp³-hybridized carbons (Fsp3) is 0.467. The first-order valence-electron chi connectivity index (χ1n) is 6.80. The van der Waals surface area contributed by atoms with Crippen LogP contribution in [-0.4, -0.2) is 14.9 Å². The molecule has 1 aromatic carbocycles. The van der Waals surface area contributed by atoms with Crippen molar-refractivity contribution in [1.29, 1.82) is 0 Å². The maximum atomic E-state index is 12.3. The van der Waals surface area contributed by atoms with Crippen LogP contribution in [0.15, 0.2) is 29.1 Å². The van der Waals surface area contributed by atoms with Gasteiger partial charge in [-0.2, -0.15) is 0 Å². The van der Waals surface area contributed by atoms with Crippen molar-refractivity contribution in [1.82, 2.24) is 9.13 Å². The third-order valence-corrected chi connectivity index (χ3v) is 3.72. The number of imidazole rings is 1. The number of aromatic nitrogens is 2. The molecule has 0 amide bonds. The van der Waals surface area contributed by atoms with E-state index in [-0.39, 0.29) is 23.9 Å². The summed E-state index contributed by atoms with van der Waals surface area (Å²) in [6.45, 7) is 6.62. The fourth-order valence-corrected chi connectivity index (χ4v) is 2.27. The standard InChI is InChI=1S/C15H20N2O2/c1-4-11(3)14(18)10-17-13-9-7-6-8-12(13)16(5-2)15(17)19/h6-9,11H,4-5,10H2,1-3H3. The van der Waals surface area contributed by atoms with Crippen LogP contribution in [0.25, 0.3) is 11.0 Å². The number of hydrogen-bond acceptors (Lipinski definition) is 2. The molecule has 2 rings (SSSR count). The van der Waals surface area contributed by atoms with Crippen LogP contribution in [0.3, 0.4) is 0 Å². The number of hydrogen-bond donors (Lipinski definition) is 0. The van der Waals surface area contributed by atoms with Crippen LogP contribution in [0.1, 0.15) is 27.2 Å². The lowest BCUT2D eigenvalue weighted by atomic mass is 10.0. The van der Waals surface area contributed by atoms with E-state index in [0.29, 0.717) is 6.54 Å². The van der Waals surface area contributed by atoms with Crippen LogP contribution in [0.2, 0.25) is 0 Å². The van der Waals surface area contributed by atoms with E-state index in [1.54, 1.807) is 9.13 Å². The van der Waals surface area contributed by atoms with Crippen molar-refractivity contribution in [2.45, 2.75) is 40.3 Å². The predicted octanol–water partition coefficient (Wildman–Crippen LogP) is 2.44. The van der Waals surface area contributed by atoms with Gasteiger partial charge in [0, 0.05) is 12.5 Å². The zero-order valence-corrected chi connectivity index (χ0v) is 11.7. The first kappa shape index (κ1) is 13.6. The highest BCUT2D eigenvalue weighted by molar-refractivity contribution is 5.83. The van der Waals surface area contributed by atoms with Crippen LogP contribution >= 0.6 is 0 Å². The van der Waals surface area contributed by atoms with E-state index in [9.17, 15) is 9.59 Å². The van der Waals surface area contributed by atoms with Crippen molar-refractivity contribution >= 4 is 16.8 Å². The molecule has 19 heavy (non-hydrogen) atoms. The molecular weight excluding hydrogens is 240 g/mol. The Hall–Kier alpha value is -1.84. The highest BCUT2D eigenvalue weighted by Crippen LogP contribution is 2.14. The third kappa shape index (κ3) is 2.35. The summed E-state index contributed by atoms with van der Waals surface area (Å²) in [4.78, 5) is 24.4. The molecule has 0 bridgehead atoms. The third-order valence-electron chi connectivity index (χ3n) is 3.72. The molecule has 2 aromatic rings. The minimum atomic E-state index is -0.0969. The van der Waals surface area contributed by atoms with E-state index < -0.39 is 0 Å². The molecule has 1 atom stereocenters. The Morgan fingerprint density at radius 1 is 1.16 bits per heavy atom. The molecule has 4 nitrogen and oxygen atoms in total. The Balaban J connectivity index is 2.52. The summed E-state index contributed by atoms with van der Waals surface area (Å²) in [6.07, 6.45) is 0.806. The molecule has 0 saturated carbocycles. The Morgan fingerprint density at radius 3 is 2.26 bits per heavy atom. The molecule has 1 unspecified atom stereocenters. The molecular formula is C15H20N2O2. The molecule has 4 heteroatoms. The molecule has 1 aromatic heterocycles.